The van der Waals surface area contributed by atoms with E-state index < -0.39 is 35.8 Å². The van der Waals surface area contributed by atoms with E-state index in [1.807, 2.05) is 0 Å². The number of alkyl halides is 4. The van der Waals surface area contributed by atoms with Crippen LogP contribution in [0.4, 0.5) is 22.0 Å². The Hall–Kier alpha value is -0.880. The summed E-state index contributed by atoms with van der Waals surface area (Å²) in [6.07, 6.45) is -4.66. The maximum absolute atomic E-state index is 12.7. The number of halogens is 6. The zero-order chi connectivity index (χ0) is 11.6. The standard InChI is InChI=1S/C9H8F5N.ClH/c10-4-8(15)6-3-5(11)1-2-7(6)9(12,13)14;/h1-3,8H,4,15H2;1H/t8-;/m1./s1. The summed E-state index contributed by atoms with van der Waals surface area (Å²) >= 11 is 0. The van der Waals surface area contributed by atoms with Crippen LogP contribution in [0.25, 0.3) is 0 Å². The highest BCUT2D eigenvalue weighted by Gasteiger charge is 2.34. The van der Waals surface area contributed by atoms with Crippen LogP contribution in [-0.4, -0.2) is 6.67 Å². The Bertz CT molecular complexity index is 352. The number of rotatable bonds is 2. The fourth-order valence-electron chi connectivity index (χ4n) is 1.18. The van der Waals surface area contributed by atoms with Gasteiger partial charge in [0.05, 0.1) is 11.6 Å². The van der Waals surface area contributed by atoms with Crippen molar-refractivity contribution in [1.82, 2.24) is 0 Å². The van der Waals surface area contributed by atoms with Crippen molar-refractivity contribution in [3.8, 4) is 0 Å². The maximum atomic E-state index is 12.7. The van der Waals surface area contributed by atoms with E-state index in [4.69, 9.17) is 5.73 Å². The first-order valence-electron chi connectivity index (χ1n) is 4.04. The molecule has 92 valence electrons. The highest BCUT2D eigenvalue weighted by molar-refractivity contribution is 5.85. The Labute approximate surface area is 94.8 Å². The lowest BCUT2D eigenvalue weighted by atomic mass is 10.0. The molecule has 1 aromatic carbocycles. The molecule has 16 heavy (non-hydrogen) atoms. The lowest BCUT2D eigenvalue weighted by Crippen LogP contribution is -2.19. The summed E-state index contributed by atoms with van der Waals surface area (Å²) < 4.78 is 62.0. The Morgan fingerprint density at radius 1 is 1.25 bits per heavy atom. The van der Waals surface area contributed by atoms with Crippen LogP contribution in [0.5, 0.6) is 0 Å². The van der Waals surface area contributed by atoms with Crippen molar-refractivity contribution in [3.63, 3.8) is 0 Å². The molecule has 0 spiro atoms. The molecule has 1 nitrogen and oxygen atoms in total. The van der Waals surface area contributed by atoms with Crippen LogP contribution in [0.15, 0.2) is 18.2 Å². The molecule has 0 saturated heterocycles. The minimum absolute atomic E-state index is 0. The molecule has 1 aromatic rings. The Kier molecular flexibility index (Phi) is 5.15. The van der Waals surface area contributed by atoms with Gasteiger partial charge in [0.15, 0.2) is 0 Å². The summed E-state index contributed by atoms with van der Waals surface area (Å²) in [5, 5.41) is 0. The van der Waals surface area contributed by atoms with Crippen LogP contribution in [-0.2, 0) is 6.18 Å². The van der Waals surface area contributed by atoms with Gasteiger partial charge in [-0.25, -0.2) is 8.78 Å². The van der Waals surface area contributed by atoms with Crippen LogP contribution < -0.4 is 5.73 Å². The van der Waals surface area contributed by atoms with E-state index >= 15 is 0 Å². The molecule has 0 amide bonds. The molecule has 0 aromatic heterocycles. The molecule has 7 heteroatoms. The first-order chi connectivity index (χ1) is 6.86. The van der Waals surface area contributed by atoms with Gasteiger partial charge in [0.2, 0.25) is 0 Å². The second-order valence-electron chi connectivity index (χ2n) is 2.99. The van der Waals surface area contributed by atoms with Crippen molar-refractivity contribution in [3.05, 3.63) is 35.1 Å². The topological polar surface area (TPSA) is 26.0 Å². The molecular formula is C9H9ClF5N. The van der Waals surface area contributed by atoms with Gasteiger partial charge in [-0.15, -0.1) is 12.4 Å². The summed E-state index contributed by atoms with van der Waals surface area (Å²) in [4.78, 5) is 0. The summed E-state index contributed by atoms with van der Waals surface area (Å²) in [6.45, 7) is -1.17. The second-order valence-corrected chi connectivity index (χ2v) is 2.99. The van der Waals surface area contributed by atoms with Crippen molar-refractivity contribution in [2.24, 2.45) is 5.73 Å². The molecule has 0 fully saturated rings. The molecule has 0 aliphatic rings. The molecule has 2 N–H and O–H groups in total. The van der Waals surface area contributed by atoms with Crippen LogP contribution in [0.1, 0.15) is 17.2 Å². The quantitative estimate of drug-likeness (QED) is 0.813. The van der Waals surface area contributed by atoms with E-state index in [1.165, 1.54) is 0 Å². The van der Waals surface area contributed by atoms with Gasteiger partial charge >= 0.3 is 6.18 Å². The normalized spacial score (nSPS) is 13.1. The molecular weight excluding hydrogens is 253 g/mol. The van der Waals surface area contributed by atoms with Crippen LogP contribution in [0.3, 0.4) is 0 Å². The minimum atomic E-state index is -4.66. The van der Waals surface area contributed by atoms with E-state index in [2.05, 4.69) is 0 Å². The number of hydrogen-bond acceptors (Lipinski definition) is 1. The third kappa shape index (κ3) is 3.31. The van der Waals surface area contributed by atoms with Crippen LogP contribution in [0, 0.1) is 5.82 Å². The van der Waals surface area contributed by atoms with Gasteiger partial charge in [-0.05, 0) is 23.8 Å². The summed E-state index contributed by atoms with van der Waals surface area (Å²) in [5.74, 6) is -0.873. The van der Waals surface area contributed by atoms with E-state index in [0.29, 0.717) is 18.2 Å². The first-order valence-corrected chi connectivity index (χ1v) is 4.04. The van der Waals surface area contributed by atoms with Crippen molar-refractivity contribution in [2.75, 3.05) is 6.67 Å². The third-order valence-electron chi connectivity index (χ3n) is 1.88. The van der Waals surface area contributed by atoms with Crippen molar-refractivity contribution >= 4 is 12.4 Å². The van der Waals surface area contributed by atoms with E-state index in [9.17, 15) is 22.0 Å². The Morgan fingerprint density at radius 3 is 2.25 bits per heavy atom. The minimum Gasteiger partial charge on any atom is -0.322 e. The molecule has 0 aliphatic carbocycles. The van der Waals surface area contributed by atoms with Crippen molar-refractivity contribution < 1.29 is 22.0 Å². The molecule has 1 rings (SSSR count). The molecule has 0 unspecified atom stereocenters. The lowest BCUT2D eigenvalue weighted by molar-refractivity contribution is -0.138. The molecule has 0 radical (unpaired) electrons. The highest BCUT2D eigenvalue weighted by Crippen LogP contribution is 2.34. The molecule has 0 saturated carbocycles. The molecule has 0 heterocycles. The van der Waals surface area contributed by atoms with Gasteiger partial charge in [-0.1, -0.05) is 0 Å². The smallest absolute Gasteiger partial charge is 0.322 e. The van der Waals surface area contributed by atoms with Gasteiger partial charge in [0.25, 0.3) is 0 Å². The second kappa shape index (κ2) is 5.45. The van der Waals surface area contributed by atoms with Crippen molar-refractivity contribution in [1.29, 1.82) is 0 Å². The first kappa shape index (κ1) is 15.1. The van der Waals surface area contributed by atoms with Gasteiger partial charge in [-0.2, -0.15) is 13.2 Å². The number of hydrogen-bond donors (Lipinski definition) is 1. The summed E-state index contributed by atoms with van der Waals surface area (Å²) in [5.41, 5.74) is 3.45. The molecule has 1 atom stereocenters. The lowest BCUT2D eigenvalue weighted by Gasteiger charge is -2.15. The van der Waals surface area contributed by atoms with Gasteiger partial charge in [0.1, 0.15) is 12.5 Å². The fraction of sp³-hybridized carbons (Fsp3) is 0.333. The van der Waals surface area contributed by atoms with Gasteiger partial charge < -0.3 is 5.73 Å². The summed E-state index contributed by atoms with van der Waals surface area (Å²) in [6, 6.07) is 0.363. The van der Waals surface area contributed by atoms with Gasteiger partial charge in [-0.3, -0.25) is 0 Å². The zero-order valence-electron chi connectivity index (χ0n) is 7.89. The number of nitrogens with two attached hydrogens (primary N) is 1. The zero-order valence-corrected chi connectivity index (χ0v) is 8.71. The molecule has 0 aliphatic heterocycles. The Morgan fingerprint density at radius 2 is 1.81 bits per heavy atom. The SMILES string of the molecule is Cl.N[C@H](CF)c1cc(F)ccc1C(F)(F)F. The Balaban J connectivity index is 0.00000225. The largest absolute Gasteiger partial charge is 0.416 e. The monoisotopic (exact) mass is 261 g/mol. The van der Waals surface area contributed by atoms with E-state index in [-0.39, 0.29) is 12.4 Å². The average Bonchev–Trinajstić information content (AvgIpc) is 2.14. The van der Waals surface area contributed by atoms with Crippen molar-refractivity contribution in [2.45, 2.75) is 12.2 Å². The van der Waals surface area contributed by atoms with Crippen LogP contribution in [0.2, 0.25) is 0 Å². The van der Waals surface area contributed by atoms with E-state index in [1.54, 1.807) is 0 Å². The maximum Gasteiger partial charge on any atom is 0.416 e. The predicted octanol–water partition coefficient (Wildman–Crippen LogP) is 3.24. The number of benzene rings is 1. The third-order valence-corrected chi connectivity index (χ3v) is 1.88. The van der Waals surface area contributed by atoms with Gasteiger partial charge in [0, 0.05) is 0 Å². The van der Waals surface area contributed by atoms with Crippen LogP contribution >= 0.6 is 12.4 Å². The average molecular weight is 262 g/mol. The fourth-order valence-corrected chi connectivity index (χ4v) is 1.18. The summed E-state index contributed by atoms with van der Waals surface area (Å²) in [7, 11) is 0. The predicted molar refractivity (Wildman–Crippen MR) is 51.6 cm³/mol. The highest BCUT2D eigenvalue weighted by atomic mass is 35.5. The molecule has 0 bridgehead atoms. The van der Waals surface area contributed by atoms with E-state index in [0.717, 1.165) is 0 Å².